The number of allylic oxidation sites excluding steroid dienone is 21. The molecule has 5 atom stereocenters. The summed E-state index contributed by atoms with van der Waals surface area (Å²) in [7, 11) is -10.00. The van der Waals surface area contributed by atoms with Gasteiger partial charge >= 0.3 is 39.5 Å². The van der Waals surface area contributed by atoms with Crippen molar-refractivity contribution in [3.63, 3.8) is 0 Å². The quantitative estimate of drug-likeness (QED) is 0.0169. The minimum Gasteiger partial charge on any atom is -0.462 e. The molecule has 0 aromatic carbocycles. The molecule has 102 heavy (non-hydrogen) atoms. The van der Waals surface area contributed by atoms with Gasteiger partial charge in [0, 0.05) is 19.3 Å². The molecule has 0 spiro atoms. The van der Waals surface area contributed by atoms with Crippen LogP contribution < -0.4 is 0 Å². The third-order valence-corrected chi connectivity index (χ3v) is 18.0. The van der Waals surface area contributed by atoms with Gasteiger partial charge in [0.15, 0.2) is 12.2 Å². The van der Waals surface area contributed by atoms with Crippen LogP contribution in [0.2, 0.25) is 0 Å². The summed E-state index contributed by atoms with van der Waals surface area (Å²) < 4.78 is 68.4. The normalized spacial score (nSPS) is 14.6. The molecule has 0 heterocycles. The second-order valence-corrected chi connectivity index (χ2v) is 28.8. The van der Waals surface area contributed by atoms with Gasteiger partial charge in [-0.15, -0.1) is 0 Å². The molecule has 0 fully saturated rings. The molecule has 0 saturated heterocycles. The molecule has 0 bridgehead atoms. The van der Waals surface area contributed by atoms with E-state index >= 15 is 0 Å². The number of hydrogen-bond acceptors (Lipinski definition) is 15. The Balaban J connectivity index is 5.44. The first-order chi connectivity index (χ1) is 49.7. The van der Waals surface area contributed by atoms with Crippen LogP contribution in [0, 0.1) is 0 Å². The number of esters is 4. The van der Waals surface area contributed by atoms with Crippen molar-refractivity contribution in [2.24, 2.45) is 0 Å². The van der Waals surface area contributed by atoms with Gasteiger partial charge in [0.1, 0.15) is 19.3 Å². The summed E-state index contributed by atoms with van der Waals surface area (Å²) in [5.41, 5.74) is 0. The second-order valence-electron chi connectivity index (χ2n) is 25.9. The molecule has 584 valence electrons. The number of aliphatic hydroxyl groups is 1. The lowest BCUT2D eigenvalue weighted by Gasteiger charge is -2.21. The molecular weight excluding hydrogens is 1330 g/mol. The van der Waals surface area contributed by atoms with E-state index in [0.29, 0.717) is 25.7 Å². The molecule has 0 aromatic heterocycles. The van der Waals surface area contributed by atoms with E-state index in [-0.39, 0.29) is 25.7 Å². The van der Waals surface area contributed by atoms with Crippen LogP contribution in [0.3, 0.4) is 0 Å². The third kappa shape index (κ3) is 73.5. The van der Waals surface area contributed by atoms with E-state index in [1.807, 2.05) is 12.2 Å². The van der Waals surface area contributed by atoms with E-state index < -0.39 is 97.5 Å². The minimum absolute atomic E-state index is 0.0819. The van der Waals surface area contributed by atoms with Gasteiger partial charge in [0.2, 0.25) is 0 Å². The Morgan fingerprint density at radius 2 is 0.549 bits per heavy atom. The fraction of sp³-hybridized carbons (Fsp3) is 0.687. The van der Waals surface area contributed by atoms with Crippen molar-refractivity contribution in [2.75, 3.05) is 39.6 Å². The number of carbonyl (C=O) groups is 4. The number of aliphatic hydroxyl groups excluding tert-OH is 1. The van der Waals surface area contributed by atoms with Crippen molar-refractivity contribution in [1.29, 1.82) is 0 Å². The Bertz CT molecular complexity index is 2460. The Kier molecular flexibility index (Phi) is 71.0. The van der Waals surface area contributed by atoms with E-state index in [1.165, 1.54) is 96.3 Å². The number of rotatable bonds is 73. The first-order valence-electron chi connectivity index (χ1n) is 39.4. The van der Waals surface area contributed by atoms with Crippen LogP contribution in [0.1, 0.15) is 310 Å². The summed E-state index contributed by atoms with van der Waals surface area (Å²) in [6.45, 7) is 4.48. The highest BCUT2D eigenvalue weighted by Gasteiger charge is 2.30. The van der Waals surface area contributed by atoms with E-state index in [9.17, 15) is 43.2 Å². The van der Waals surface area contributed by atoms with Gasteiger partial charge in [-0.3, -0.25) is 37.3 Å². The third-order valence-electron chi connectivity index (χ3n) is 16.1. The fourth-order valence-corrected chi connectivity index (χ4v) is 11.8. The van der Waals surface area contributed by atoms with Crippen LogP contribution in [0.4, 0.5) is 0 Å². The van der Waals surface area contributed by atoms with Gasteiger partial charge in [0.05, 0.1) is 32.8 Å². The number of ether oxygens (including phenoxy) is 4. The van der Waals surface area contributed by atoms with Gasteiger partial charge in [-0.05, 0) is 122 Å². The first-order valence-corrected chi connectivity index (χ1v) is 42.4. The van der Waals surface area contributed by atoms with Gasteiger partial charge in [-0.2, -0.15) is 0 Å². The lowest BCUT2D eigenvalue weighted by molar-refractivity contribution is -0.161. The van der Waals surface area contributed by atoms with E-state index in [0.717, 1.165) is 135 Å². The Labute approximate surface area is 618 Å². The summed E-state index contributed by atoms with van der Waals surface area (Å²) in [5, 5.41) is 10.6. The Morgan fingerprint density at radius 1 is 0.294 bits per heavy atom. The molecule has 0 rings (SSSR count). The molecule has 19 heteroatoms. The van der Waals surface area contributed by atoms with Crippen LogP contribution in [0.15, 0.2) is 134 Å². The van der Waals surface area contributed by atoms with E-state index in [1.54, 1.807) is 12.2 Å². The molecule has 0 aromatic rings. The Hall–Kier alpha value is -4.80. The first kappa shape index (κ1) is 97.2. The Morgan fingerprint density at radius 3 is 0.902 bits per heavy atom. The number of unbranched alkanes of at least 4 members (excludes halogenated alkanes) is 26. The molecule has 0 radical (unpaired) electrons. The smallest absolute Gasteiger partial charge is 0.462 e. The molecule has 5 unspecified atom stereocenters. The predicted octanol–water partition coefficient (Wildman–Crippen LogP) is 22.9. The zero-order valence-corrected chi connectivity index (χ0v) is 65.5. The minimum atomic E-state index is -5.01. The molecule has 0 saturated carbocycles. The summed E-state index contributed by atoms with van der Waals surface area (Å²) in [6.07, 6.45) is 83.3. The van der Waals surface area contributed by atoms with Crippen molar-refractivity contribution in [2.45, 2.75) is 329 Å². The van der Waals surface area contributed by atoms with Gasteiger partial charge in [-0.1, -0.05) is 296 Å². The van der Waals surface area contributed by atoms with Crippen LogP contribution in [-0.4, -0.2) is 96.7 Å². The number of carbonyl (C=O) groups excluding carboxylic acids is 4. The SMILES string of the molecule is CC/C=C\C/C=C\C/C=C\C/C=C\C/C=C\CCCCCC(=O)OCC(COP(=O)(O)OCC(O)COP(=O)(O)OCC(COC(=O)CCCCCCCCCCCCCCCCC)OC(=O)CCCCCCC/C=C\CCCCCC)OC(=O)C/C=C\C/C=C\C/C=C\C/C=C\C/C=C\CC. The van der Waals surface area contributed by atoms with Crippen LogP contribution in [-0.2, 0) is 65.4 Å². The molecular formula is C83H140O17P2. The highest BCUT2D eigenvalue weighted by molar-refractivity contribution is 7.47. The van der Waals surface area contributed by atoms with Crippen molar-refractivity contribution < 1.29 is 80.2 Å². The highest BCUT2D eigenvalue weighted by Crippen LogP contribution is 2.45. The highest BCUT2D eigenvalue weighted by atomic mass is 31.2. The zero-order valence-electron chi connectivity index (χ0n) is 63.7. The number of hydrogen-bond donors (Lipinski definition) is 3. The molecule has 0 aliphatic rings. The summed E-state index contributed by atoms with van der Waals surface area (Å²) in [4.78, 5) is 72.9. The van der Waals surface area contributed by atoms with Gasteiger partial charge in [-0.25, -0.2) is 9.13 Å². The summed E-state index contributed by atoms with van der Waals surface area (Å²) in [5.74, 6) is -2.37. The molecule has 0 aliphatic carbocycles. The second kappa shape index (κ2) is 74.5. The van der Waals surface area contributed by atoms with Crippen molar-refractivity contribution >= 4 is 39.5 Å². The van der Waals surface area contributed by atoms with Gasteiger partial charge in [0.25, 0.3) is 0 Å². The van der Waals surface area contributed by atoms with Crippen LogP contribution >= 0.6 is 15.6 Å². The molecule has 3 N–H and O–H groups in total. The number of phosphoric ester groups is 2. The maximum atomic E-state index is 13.1. The molecule has 0 amide bonds. The van der Waals surface area contributed by atoms with Crippen LogP contribution in [0.5, 0.6) is 0 Å². The maximum absolute atomic E-state index is 13.1. The molecule has 17 nitrogen and oxygen atoms in total. The topological polar surface area (TPSA) is 237 Å². The van der Waals surface area contributed by atoms with E-state index in [4.69, 9.17) is 37.0 Å². The number of phosphoric acid groups is 2. The lowest BCUT2D eigenvalue weighted by atomic mass is 10.0. The van der Waals surface area contributed by atoms with Crippen LogP contribution in [0.25, 0.3) is 0 Å². The summed E-state index contributed by atoms with van der Waals surface area (Å²) >= 11 is 0. The largest absolute Gasteiger partial charge is 0.472 e. The average Bonchev–Trinajstić information content (AvgIpc) is 0.924. The standard InChI is InChI=1S/C83H140O17P2/c1-5-9-13-17-21-25-29-33-36-37-38-39-42-45-48-52-56-60-64-68-81(86)94-74-79(100-83(88)70-66-62-58-54-50-46-41-35-31-27-23-19-15-11-7-3)76-98-102(91,92)96-72-77(84)71-95-101(89,90)97-75-78(99-82(87)69-65-61-57-53-49-43-32-28-24-20-16-12-8-4)73-93-80(85)67-63-59-55-51-47-44-40-34-30-26-22-18-14-10-6-2/h9,11,13,15,21,23,25,27-28,32-33,35-36,38-39,41,45,48,50,54,62,66,77-79,84H,5-8,10,12,14,16-20,22,24,26,29-31,34,37,40,42-44,46-47,49,51-53,55-61,63-65,67-76H2,1-4H3,(H,89,90)(H,91,92)/b13-9-,15-11-,25-21-,27-23-,32-28-,36-33-,39-38-,41-35-,48-45-,54-50-,66-62-. The zero-order chi connectivity index (χ0) is 74.6. The summed E-state index contributed by atoms with van der Waals surface area (Å²) in [6, 6.07) is 0. The van der Waals surface area contributed by atoms with E-state index in [2.05, 4.69) is 137 Å². The van der Waals surface area contributed by atoms with Crippen molar-refractivity contribution in [1.82, 2.24) is 0 Å². The monoisotopic (exact) mass is 1470 g/mol. The van der Waals surface area contributed by atoms with Crippen molar-refractivity contribution in [3.05, 3.63) is 134 Å². The van der Waals surface area contributed by atoms with Crippen molar-refractivity contribution in [3.8, 4) is 0 Å². The fourth-order valence-electron chi connectivity index (χ4n) is 10.2. The van der Waals surface area contributed by atoms with Gasteiger partial charge < -0.3 is 33.8 Å². The average molecular weight is 1470 g/mol. The predicted molar refractivity (Wildman–Crippen MR) is 418 cm³/mol. The lowest BCUT2D eigenvalue weighted by Crippen LogP contribution is -2.30. The molecule has 0 aliphatic heterocycles. The maximum Gasteiger partial charge on any atom is 0.472 e.